The number of likely N-dealkylation sites (tertiary alicyclic amines) is 1. The van der Waals surface area contributed by atoms with Crippen LogP contribution in [0.4, 0.5) is 0 Å². The predicted molar refractivity (Wildman–Crippen MR) is 126 cm³/mol. The van der Waals surface area contributed by atoms with E-state index in [-0.39, 0.29) is 18.6 Å². The van der Waals surface area contributed by atoms with Crippen LogP contribution in [0.2, 0.25) is 0 Å². The van der Waals surface area contributed by atoms with Gasteiger partial charge in [0.2, 0.25) is 0 Å². The summed E-state index contributed by atoms with van der Waals surface area (Å²) in [5.41, 5.74) is 2.39. The van der Waals surface area contributed by atoms with Crippen molar-refractivity contribution < 1.29 is 23.8 Å². The van der Waals surface area contributed by atoms with E-state index in [2.05, 4.69) is 0 Å². The van der Waals surface area contributed by atoms with Crippen LogP contribution in [0.25, 0.3) is 22.2 Å². The summed E-state index contributed by atoms with van der Waals surface area (Å²) in [4.78, 5) is 32.2. The molecule has 33 heavy (non-hydrogen) atoms. The van der Waals surface area contributed by atoms with Crippen molar-refractivity contribution in [2.24, 2.45) is 0 Å². The molecule has 172 valence electrons. The largest absolute Gasteiger partial charge is 0.493 e. The zero-order chi connectivity index (χ0) is 23.4. The van der Waals surface area contributed by atoms with Gasteiger partial charge in [0.1, 0.15) is 0 Å². The van der Waals surface area contributed by atoms with Gasteiger partial charge in [0.05, 0.1) is 31.0 Å². The van der Waals surface area contributed by atoms with Gasteiger partial charge in [-0.1, -0.05) is 18.2 Å². The van der Waals surface area contributed by atoms with Crippen molar-refractivity contribution in [2.45, 2.75) is 32.2 Å². The van der Waals surface area contributed by atoms with Gasteiger partial charge >= 0.3 is 5.97 Å². The number of carbonyl (C=O) groups excluding carboxylic acids is 2. The second-order valence-corrected chi connectivity index (χ2v) is 8.15. The van der Waals surface area contributed by atoms with Crippen LogP contribution in [-0.4, -0.2) is 55.2 Å². The molecule has 3 aromatic rings. The quantitative estimate of drug-likeness (QED) is 0.518. The van der Waals surface area contributed by atoms with Crippen molar-refractivity contribution in [3.8, 4) is 22.8 Å². The molecule has 4 rings (SSSR count). The van der Waals surface area contributed by atoms with E-state index in [1.165, 1.54) is 0 Å². The number of carbonyl (C=O) groups is 2. The van der Waals surface area contributed by atoms with E-state index in [1.54, 1.807) is 31.3 Å². The van der Waals surface area contributed by atoms with E-state index in [9.17, 15) is 9.59 Å². The molecular formula is C26H28N2O5. The van der Waals surface area contributed by atoms with Gasteiger partial charge in [-0.25, -0.2) is 9.78 Å². The molecule has 1 atom stereocenters. The molecule has 1 saturated heterocycles. The Morgan fingerprint density at radius 3 is 2.58 bits per heavy atom. The molecule has 1 amide bonds. The van der Waals surface area contributed by atoms with Gasteiger partial charge in [-0.15, -0.1) is 0 Å². The van der Waals surface area contributed by atoms with Crippen molar-refractivity contribution in [3.05, 3.63) is 54.1 Å². The van der Waals surface area contributed by atoms with Crippen LogP contribution >= 0.6 is 0 Å². The van der Waals surface area contributed by atoms with Crippen molar-refractivity contribution in [1.82, 2.24) is 9.88 Å². The second kappa shape index (κ2) is 9.90. The number of ether oxygens (including phenoxy) is 3. The van der Waals surface area contributed by atoms with Gasteiger partial charge in [-0.05, 0) is 56.5 Å². The average molecular weight is 449 g/mol. The van der Waals surface area contributed by atoms with Crippen molar-refractivity contribution >= 4 is 22.8 Å². The summed E-state index contributed by atoms with van der Waals surface area (Å²) < 4.78 is 16.2. The minimum Gasteiger partial charge on any atom is -0.493 e. The number of nitrogens with zero attached hydrogens (tertiary/aromatic N) is 2. The van der Waals surface area contributed by atoms with E-state index in [0.29, 0.717) is 40.2 Å². The van der Waals surface area contributed by atoms with Crippen LogP contribution in [0.1, 0.15) is 36.5 Å². The molecule has 0 spiro atoms. The lowest BCUT2D eigenvalue weighted by atomic mass is 10.0. The Morgan fingerprint density at radius 2 is 1.82 bits per heavy atom. The maximum atomic E-state index is 13.1. The lowest BCUT2D eigenvalue weighted by Gasteiger charge is -2.33. The first-order valence-electron chi connectivity index (χ1n) is 11.1. The second-order valence-electron chi connectivity index (χ2n) is 8.15. The van der Waals surface area contributed by atoms with Gasteiger partial charge in [0, 0.05) is 23.5 Å². The summed E-state index contributed by atoms with van der Waals surface area (Å²) in [5, 5.41) is 0.672. The smallest absolute Gasteiger partial charge is 0.339 e. The predicted octanol–water partition coefficient (Wildman–Crippen LogP) is 4.48. The fourth-order valence-electron chi connectivity index (χ4n) is 4.24. The Kier molecular flexibility index (Phi) is 6.77. The first kappa shape index (κ1) is 22.6. The fraction of sp³-hybridized carbons (Fsp3) is 0.346. The number of para-hydroxylation sites is 1. The highest BCUT2D eigenvalue weighted by Crippen LogP contribution is 2.33. The third-order valence-electron chi connectivity index (χ3n) is 6.07. The molecule has 0 N–H and O–H groups in total. The molecule has 1 unspecified atom stereocenters. The van der Waals surface area contributed by atoms with Crippen LogP contribution in [0.3, 0.4) is 0 Å². The Bertz CT molecular complexity index is 1180. The van der Waals surface area contributed by atoms with Crippen LogP contribution in [0.15, 0.2) is 48.5 Å². The molecule has 1 fully saturated rings. The molecule has 7 nitrogen and oxygen atoms in total. The molecule has 0 bridgehead atoms. The van der Waals surface area contributed by atoms with E-state index in [1.807, 2.05) is 43.3 Å². The van der Waals surface area contributed by atoms with E-state index >= 15 is 0 Å². The van der Waals surface area contributed by atoms with Crippen LogP contribution in [0, 0.1) is 0 Å². The third-order valence-corrected chi connectivity index (χ3v) is 6.07. The number of methoxy groups -OCH3 is 2. The SMILES string of the molecule is COc1ccc(-c2cc(C(=O)OCC(=O)N3CCCCC3C)c3ccccc3n2)cc1OC. The fourth-order valence-corrected chi connectivity index (χ4v) is 4.24. The van der Waals surface area contributed by atoms with E-state index < -0.39 is 5.97 Å². The zero-order valence-electron chi connectivity index (χ0n) is 19.2. The maximum absolute atomic E-state index is 13.1. The molecular weight excluding hydrogens is 420 g/mol. The summed E-state index contributed by atoms with van der Waals surface area (Å²) >= 11 is 0. The standard InChI is InChI=1S/C26H28N2O5/c1-17-8-6-7-13-28(17)25(29)16-33-26(30)20-15-22(27-21-10-5-4-9-19(20)21)18-11-12-23(31-2)24(14-18)32-3/h4-5,9-12,14-15,17H,6-8,13,16H2,1-3H3. The molecule has 1 aliphatic rings. The summed E-state index contributed by atoms with van der Waals surface area (Å²) in [6.45, 7) is 2.47. The Balaban J connectivity index is 1.63. The number of pyridine rings is 1. The maximum Gasteiger partial charge on any atom is 0.339 e. The normalized spacial score (nSPS) is 15.8. The molecule has 1 aromatic heterocycles. The summed E-state index contributed by atoms with van der Waals surface area (Å²) in [6, 6.07) is 14.7. The molecule has 0 radical (unpaired) electrons. The molecule has 1 aliphatic heterocycles. The number of fused-ring (bicyclic) bond motifs is 1. The Labute approximate surface area is 193 Å². The van der Waals surface area contributed by atoms with Crippen molar-refractivity contribution in [3.63, 3.8) is 0 Å². The van der Waals surface area contributed by atoms with E-state index in [0.717, 1.165) is 24.8 Å². The van der Waals surface area contributed by atoms with Gasteiger partial charge in [-0.3, -0.25) is 4.79 Å². The van der Waals surface area contributed by atoms with Gasteiger partial charge in [-0.2, -0.15) is 0 Å². The van der Waals surface area contributed by atoms with Gasteiger partial charge in [0.15, 0.2) is 18.1 Å². The zero-order valence-corrected chi connectivity index (χ0v) is 19.2. The molecule has 2 aromatic carbocycles. The number of piperidine rings is 1. The highest BCUT2D eigenvalue weighted by Gasteiger charge is 2.25. The summed E-state index contributed by atoms with van der Waals surface area (Å²) in [6.07, 6.45) is 3.07. The minimum absolute atomic E-state index is 0.158. The lowest BCUT2D eigenvalue weighted by Crippen LogP contribution is -2.44. The van der Waals surface area contributed by atoms with E-state index in [4.69, 9.17) is 19.2 Å². The minimum atomic E-state index is -0.548. The van der Waals surface area contributed by atoms with Crippen LogP contribution in [0.5, 0.6) is 11.5 Å². The number of amides is 1. The van der Waals surface area contributed by atoms with Gasteiger partial charge in [0.25, 0.3) is 5.91 Å². The summed E-state index contributed by atoms with van der Waals surface area (Å²) in [5.74, 6) is 0.463. The number of aromatic nitrogens is 1. The third kappa shape index (κ3) is 4.77. The number of rotatable bonds is 6. The highest BCUT2D eigenvalue weighted by molar-refractivity contribution is 6.05. The summed E-state index contributed by atoms with van der Waals surface area (Å²) in [7, 11) is 3.14. The first-order chi connectivity index (χ1) is 16.0. The highest BCUT2D eigenvalue weighted by atomic mass is 16.5. The monoisotopic (exact) mass is 448 g/mol. The first-order valence-corrected chi connectivity index (χ1v) is 11.1. The molecule has 2 heterocycles. The van der Waals surface area contributed by atoms with Crippen LogP contribution in [-0.2, 0) is 9.53 Å². The van der Waals surface area contributed by atoms with Crippen molar-refractivity contribution in [2.75, 3.05) is 27.4 Å². The number of esters is 1. The molecule has 7 heteroatoms. The van der Waals surface area contributed by atoms with Crippen molar-refractivity contribution in [1.29, 1.82) is 0 Å². The average Bonchev–Trinajstić information content (AvgIpc) is 2.86. The van der Waals surface area contributed by atoms with Gasteiger partial charge < -0.3 is 19.1 Å². The Hall–Kier alpha value is -3.61. The number of hydrogen-bond donors (Lipinski definition) is 0. The molecule has 0 aliphatic carbocycles. The topological polar surface area (TPSA) is 78.0 Å². The Morgan fingerprint density at radius 1 is 1.03 bits per heavy atom. The lowest BCUT2D eigenvalue weighted by molar-refractivity contribution is -0.137. The number of benzene rings is 2. The van der Waals surface area contributed by atoms with Crippen LogP contribution < -0.4 is 9.47 Å². The number of hydrogen-bond acceptors (Lipinski definition) is 6. The molecule has 0 saturated carbocycles.